The first-order valence-corrected chi connectivity index (χ1v) is 7.90. The van der Waals surface area contributed by atoms with Crippen LogP contribution in [0.5, 0.6) is 0 Å². The fraction of sp³-hybridized carbons (Fsp3) is 0.263. The molecule has 4 nitrogen and oxygen atoms in total. The minimum atomic E-state index is -0.0775. The van der Waals surface area contributed by atoms with Gasteiger partial charge in [0.15, 0.2) is 0 Å². The predicted octanol–water partition coefficient (Wildman–Crippen LogP) is 3.12. The number of nitrogens with zero attached hydrogens (tertiary/aromatic N) is 2. The van der Waals surface area contributed by atoms with Gasteiger partial charge in [-0.15, -0.1) is 0 Å². The first kappa shape index (κ1) is 15.4. The summed E-state index contributed by atoms with van der Waals surface area (Å²) in [7, 11) is 2.03. The Labute approximate surface area is 135 Å². The van der Waals surface area contributed by atoms with E-state index >= 15 is 0 Å². The van der Waals surface area contributed by atoms with Crippen LogP contribution in [0.3, 0.4) is 0 Å². The van der Waals surface area contributed by atoms with Crippen LogP contribution in [0.4, 0.5) is 0 Å². The quantitative estimate of drug-likeness (QED) is 0.788. The Balaban J connectivity index is 1.74. The second-order valence-electron chi connectivity index (χ2n) is 5.87. The van der Waals surface area contributed by atoms with E-state index in [2.05, 4.69) is 46.1 Å². The predicted molar refractivity (Wildman–Crippen MR) is 93.4 cm³/mol. The van der Waals surface area contributed by atoms with E-state index in [-0.39, 0.29) is 5.56 Å². The Bertz CT molecular complexity index is 852. The Kier molecular flexibility index (Phi) is 4.53. The molecule has 118 valence electrons. The van der Waals surface area contributed by atoms with E-state index < -0.39 is 0 Å². The Morgan fingerprint density at radius 1 is 1.00 bits per heavy atom. The molecule has 0 atom stereocenters. The van der Waals surface area contributed by atoms with Crippen molar-refractivity contribution in [2.75, 3.05) is 7.05 Å². The molecule has 0 aliphatic carbocycles. The lowest BCUT2D eigenvalue weighted by Gasteiger charge is -2.16. The lowest BCUT2D eigenvalue weighted by Crippen LogP contribution is -2.21. The molecule has 0 saturated heterocycles. The van der Waals surface area contributed by atoms with Crippen molar-refractivity contribution in [3.05, 3.63) is 75.8 Å². The molecular formula is C19H21N3O. The zero-order valence-electron chi connectivity index (χ0n) is 13.5. The number of aryl methyl sites for hydroxylation is 1. The Morgan fingerprint density at radius 2 is 1.70 bits per heavy atom. The third-order valence-electron chi connectivity index (χ3n) is 3.97. The van der Waals surface area contributed by atoms with Crippen molar-refractivity contribution in [2.45, 2.75) is 26.4 Å². The number of rotatable bonds is 5. The first-order chi connectivity index (χ1) is 11.2. The molecule has 0 saturated carbocycles. The van der Waals surface area contributed by atoms with Crippen molar-refractivity contribution >= 4 is 10.9 Å². The maximum Gasteiger partial charge on any atom is 0.258 e. The van der Waals surface area contributed by atoms with Crippen LogP contribution < -0.4 is 5.56 Å². The average Bonchev–Trinajstić information content (AvgIpc) is 2.55. The number of nitrogens with one attached hydrogen (secondary N) is 1. The number of para-hydroxylation sites is 1. The minimum absolute atomic E-state index is 0.0775. The molecule has 0 amide bonds. The number of hydrogen-bond acceptors (Lipinski definition) is 3. The molecule has 2 aromatic carbocycles. The van der Waals surface area contributed by atoms with Gasteiger partial charge in [0.2, 0.25) is 0 Å². The largest absolute Gasteiger partial charge is 0.309 e. The highest BCUT2D eigenvalue weighted by molar-refractivity contribution is 5.77. The molecule has 0 fully saturated rings. The first-order valence-electron chi connectivity index (χ1n) is 7.90. The summed E-state index contributed by atoms with van der Waals surface area (Å²) in [6, 6.07) is 16.1. The van der Waals surface area contributed by atoms with E-state index in [1.807, 2.05) is 25.2 Å². The van der Waals surface area contributed by atoms with Gasteiger partial charge in [0, 0.05) is 6.54 Å². The van der Waals surface area contributed by atoms with Crippen LogP contribution in [-0.2, 0) is 19.5 Å². The van der Waals surface area contributed by atoms with Crippen molar-refractivity contribution in [3.8, 4) is 0 Å². The van der Waals surface area contributed by atoms with Crippen molar-refractivity contribution in [1.82, 2.24) is 14.9 Å². The number of hydrogen-bond donors (Lipinski definition) is 1. The van der Waals surface area contributed by atoms with Crippen molar-refractivity contribution in [2.24, 2.45) is 0 Å². The van der Waals surface area contributed by atoms with Gasteiger partial charge in [0.25, 0.3) is 5.56 Å². The molecule has 0 unspecified atom stereocenters. The van der Waals surface area contributed by atoms with Crippen molar-refractivity contribution in [3.63, 3.8) is 0 Å². The minimum Gasteiger partial charge on any atom is -0.309 e. The smallest absolute Gasteiger partial charge is 0.258 e. The summed E-state index contributed by atoms with van der Waals surface area (Å²) in [5, 5.41) is 0.633. The number of aromatic amines is 1. The summed E-state index contributed by atoms with van der Waals surface area (Å²) in [6.45, 7) is 3.58. The topological polar surface area (TPSA) is 49.0 Å². The lowest BCUT2D eigenvalue weighted by atomic mass is 10.1. The van der Waals surface area contributed by atoms with Crippen LogP contribution in [0.15, 0.2) is 53.3 Å². The molecular weight excluding hydrogens is 286 g/mol. The third-order valence-corrected chi connectivity index (χ3v) is 3.97. The van der Waals surface area contributed by atoms with E-state index in [1.54, 1.807) is 6.07 Å². The highest BCUT2D eigenvalue weighted by atomic mass is 16.1. The molecule has 0 spiro atoms. The molecule has 3 aromatic rings. The monoisotopic (exact) mass is 307 g/mol. The van der Waals surface area contributed by atoms with Crippen molar-refractivity contribution < 1.29 is 0 Å². The van der Waals surface area contributed by atoms with Gasteiger partial charge in [-0.2, -0.15) is 0 Å². The summed E-state index contributed by atoms with van der Waals surface area (Å²) < 4.78 is 0. The van der Waals surface area contributed by atoms with Gasteiger partial charge < -0.3 is 4.98 Å². The second-order valence-corrected chi connectivity index (χ2v) is 5.87. The fourth-order valence-electron chi connectivity index (χ4n) is 2.71. The van der Waals surface area contributed by atoms with E-state index in [9.17, 15) is 4.79 Å². The molecule has 0 aliphatic heterocycles. The molecule has 1 heterocycles. The van der Waals surface area contributed by atoms with Crippen LogP contribution in [0.1, 0.15) is 23.9 Å². The number of fused-ring (bicyclic) bond motifs is 1. The molecule has 23 heavy (non-hydrogen) atoms. The maximum atomic E-state index is 12.1. The summed E-state index contributed by atoms with van der Waals surface area (Å²) in [4.78, 5) is 21.7. The zero-order chi connectivity index (χ0) is 16.2. The summed E-state index contributed by atoms with van der Waals surface area (Å²) in [5.74, 6) is 0.696. The standard InChI is InChI=1S/C19H21N3O/c1-3-14-8-10-15(11-9-14)12-22(2)13-18-20-17-7-5-4-6-16(17)19(23)21-18/h4-11H,3,12-13H2,1-2H3,(H,20,21,23). The average molecular weight is 307 g/mol. The highest BCUT2D eigenvalue weighted by Gasteiger charge is 2.07. The van der Waals surface area contributed by atoms with E-state index in [1.165, 1.54) is 11.1 Å². The third kappa shape index (κ3) is 3.66. The maximum absolute atomic E-state index is 12.1. The van der Waals surface area contributed by atoms with Gasteiger partial charge in [-0.3, -0.25) is 9.69 Å². The van der Waals surface area contributed by atoms with Crippen LogP contribution in [0.2, 0.25) is 0 Å². The Morgan fingerprint density at radius 3 is 2.43 bits per heavy atom. The summed E-state index contributed by atoms with van der Waals surface area (Å²) in [6.07, 6.45) is 1.05. The summed E-state index contributed by atoms with van der Waals surface area (Å²) in [5.41, 5.74) is 3.27. The zero-order valence-corrected chi connectivity index (χ0v) is 13.5. The van der Waals surface area contributed by atoms with Gasteiger partial charge in [0.05, 0.1) is 17.4 Å². The highest BCUT2D eigenvalue weighted by Crippen LogP contribution is 2.10. The normalized spacial score (nSPS) is 11.3. The number of aromatic nitrogens is 2. The second kappa shape index (κ2) is 6.75. The van der Waals surface area contributed by atoms with Gasteiger partial charge >= 0.3 is 0 Å². The molecule has 1 N–H and O–H groups in total. The van der Waals surface area contributed by atoms with E-state index in [0.29, 0.717) is 17.8 Å². The summed E-state index contributed by atoms with van der Waals surface area (Å²) >= 11 is 0. The van der Waals surface area contributed by atoms with Crippen LogP contribution in [-0.4, -0.2) is 21.9 Å². The molecule has 0 bridgehead atoms. The SMILES string of the molecule is CCc1ccc(CN(C)Cc2nc3ccccc3c(=O)[nH]2)cc1. The van der Waals surface area contributed by atoms with Crippen LogP contribution in [0.25, 0.3) is 10.9 Å². The molecule has 4 heteroatoms. The molecule has 1 aromatic heterocycles. The number of H-pyrrole nitrogens is 1. The molecule has 3 rings (SSSR count). The van der Waals surface area contributed by atoms with Gasteiger partial charge in [-0.05, 0) is 36.7 Å². The van der Waals surface area contributed by atoms with E-state index in [4.69, 9.17) is 0 Å². The van der Waals surface area contributed by atoms with Crippen molar-refractivity contribution in [1.29, 1.82) is 0 Å². The Hall–Kier alpha value is -2.46. The fourth-order valence-corrected chi connectivity index (χ4v) is 2.71. The van der Waals surface area contributed by atoms with Crippen LogP contribution in [0, 0.1) is 0 Å². The number of benzene rings is 2. The van der Waals surface area contributed by atoms with Gasteiger partial charge in [0.1, 0.15) is 5.82 Å². The lowest BCUT2D eigenvalue weighted by molar-refractivity contribution is 0.310. The molecule has 0 aliphatic rings. The van der Waals surface area contributed by atoms with Gasteiger partial charge in [-0.25, -0.2) is 4.98 Å². The van der Waals surface area contributed by atoms with Gasteiger partial charge in [-0.1, -0.05) is 43.3 Å². The van der Waals surface area contributed by atoms with E-state index in [0.717, 1.165) is 18.5 Å². The van der Waals surface area contributed by atoms with Crippen LogP contribution >= 0.6 is 0 Å². The molecule has 0 radical (unpaired) electrons.